The largest absolute Gasteiger partial charge is 0.237 e. The lowest BCUT2D eigenvalue weighted by molar-refractivity contribution is 0.847. The Kier molecular flexibility index (Phi) is 2.65. The summed E-state index contributed by atoms with van der Waals surface area (Å²) < 4.78 is 1.79. The second-order valence-electron chi connectivity index (χ2n) is 4.18. The molecule has 0 N–H and O–H groups in total. The molecule has 1 aromatic carbocycles. The molecular weight excluding hydrogens is 222 g/mol. The fourth-order valence-corrected chi connectivity index (χ4v) is 1.97. The van der Waals surface area contributed by atoms with Gasteiger partial charge in [-0.25, -0.2) is 9.67 Å². The third-order valence-electron chi connectivity index (χ3n) is 2.92. The second kappa shape index (κ2) is 4.45. The van der Waals surface area contributed by atoms with Gasteiger partial charge in [0.1, 0.15) is 0 Å². The fraction of sp³-hybridized carbons (Fsp3) is 0.0667. The molecule has 0 saturated heterocycles. The van der Waals surface area contributed by atoms with Crippen molar-refractivity contribution in [3.8, 4) is 16.9 Å². The summed E-state index contributed by atoms with van der Waals surface area (Å²) in [6.07, 6.45) is 5.64. The second-order valence-corrected chi connectivity index (χ2v) is 4.18. The van der Waals surface area contributed by atoms with Crippen LogP contribution in [0.25, 0.3) is 16.9 Å². The van der Waals surface area contributed by atoms with E-state index in [0.29, 0.717) is 0 Å². The zero-order valence-electron chi connectivity index (χ0n) is 10.1. The predicted molar refractivity (Wildman–Crippen MR) is 71.5 cm³/mol. The molecule has 0 radical (unpaired) electrons. The van der Waals surface area contributed by atoms with Gasteiger partial charge in [0.25, 0.3) is 0 Å². The van der Waals surface area contributed by atoms with Gasteiger partial charge >= 0.3 is 0 Å². The van der Waals surface area contributed by atoms with Crippen molar-refractivity contribution in [1.29, 1.82) is 0 Å². The molecule has 0 fully saturated rings. The molecule has 0 aliphatic carbocycles. The number of aryl methyl sites for hydroxylation is 1. The van der Waals surface area contributed by atoms with E-state index >= 15 is 0 Å². The van der Waals surface area contributed by atoms with Gasteiger partial charge in [-0.05, 0) is 30.2 Å². The molecule has 3 heteroatoms. The van der Waals surface area contributed by atoms with Crippen molar-refractivity contribution in [2.24, 2.45) is 0 Å². The zero-order valence-corrected chi connectivity index (χ0v) is 10.1. The van der Waals surface area contributed by atoms with E-state index in [9.17, 15) is 0 Å². The van der Waals surface area contributed by atoms with Crippen molar-refractivity contribution in [3.05, 3.63) is 66.6 Å². The SMILES string of the molecule is Cc1ccccc1-c1cnn(-c2ccccn2)c1. The first-order valence-corrected chi connectivity index (χ1v) is 5.87. The van der Waals surface area contributed by atoms with Gasteiger partial charge in [-0.15, -0.1) is 0 Å². The van der Waals surface area contributed by atoms with E-state index < -0.39 is 0 Å². The summed E-state index contributed by atoms with van der Waals surface area (Å²) in [7, 11) is 0. The lowest BCUT2D eigenvalue weighted by Gasteiger charge is -2.01. The number of pyridine rings is 1. The topological polar surface area (TPSA) is 30.7 Å². The van der Waals surface area contributed by atoms with Crippen LogP contribution in [0.5, 0.6) is 0 Å². The molecule has 0 unspecified atom stereocenters. The van der Waals surface area contributed by atoms with Crippen LogP contribution in [0, 0.1) is 6.92 Å². The number of hydrogen-bond donors (Lipinski definition) is 0. The summed E-state index contributed by atoms with van der Waals surface area (Å²) in [5.41, 5.74) is 3.57. The molecule has 88 valence electrons. The molecule has 3 rings (SSSR count). The standard InChI is InChI=1S/C15H13N3/c1-12-6-2-3-7-14(12)13-10-17-18(11-13)15-8-4-5-9-16-15/h2-11H,1H3. The van der Waals surface area contributed by atoms with Crippen LogP contribution in [0.2, 0.25) is 0 Å². The van der Waals surface area contributed by atoms with Crippen molar-refractivity contribution in [2.75, 3.05) is 0 Å². The smallest absolute Gasteiger partial charge is 0.153 e. The summed E-state index contributed by atoms with van der Waals surface area (Å²) in [6.45, 7) is 2.10. The van der Waals surface area contributed by atoms with Crippen LogP contribution < -0.4 is 0 Å². The maximum absolute atomic E-state index is 4.36. The van der Waals surface area contributed by atoms with E-state index in [-0.39, 0.29) is 0 Å². The van der Waals surface area contributed by atoms with Crippen molar-refractivity contribution >= 4 is 0 Å². The molecule has 3 nitrogen and oxygen atoms in total. The summed E-state index contributed by atoms with van der Waals surface area (Å²) in [4.78, 5) is 4.28. The molecule has 0 spiro atoms. The molecule has 18 heavy (non-hydrogen) atoms. The Bertz CT molecular complexity index is 656. The van der Waals surface area contributed by atoms with E-state index in [1.54, 1.807) is 10.9 Å². The monoisotopic (exact) mass is 235 g/mol. The van der Waals surface area contributed by atoms with Gasteiger partial charge in [0, 0.05) is 18.0 Å². The Morgan fingerprint density at radius 3 is 2.61 bits per heavy atom. The third kappa shape index (κ3) is 1.91. The summed E-state index contributed by atoms with van der Waals surface area (Å²) in [5.74, 6) is 0.831. The highest BCUT2D eigenvalue weighted by Crippen LogP contribution is 2.22. The summed E-state index contributed by atoms with van der Waals surface area (Å²) in [5, 5.41) is 4.36. The Labute approximate surface area is 106 Å². The lowest BCUT2D eigenvalue weighted by Crippen LogP contribution is -1.95. The van der Waals surface area contributed by atoms with Crippen molar-refractivity contribution in [3.63, 3.8) is 0 Å². The number of benzene rings is 1. The first-order chi connectivity index (χ1) is 8.84. The van der Waals surface area contributed by atoms with Gasteiger partial charge in [0.2, 0.25) is 0 Å². The maximum atomic E-state index is 4.36. The number of nitrogens with zero attached hydrogens (tertiary/aromatic N) is 3. The molecule has 0 aliphatic heterocycles. The van der Waals surface area contributed by atoms with Crippen LogP contribution in [0.15, 0.2) is 61.1 Å². The average Bonchev–Trinajstić information content (AvgIpc) is 2.90. The first kappa shape index (κ1) is 10.7. The molecule has 0 atom stereocenters. The normalized spacial score (nSPS) is 10.5. The highest BCUT2D eigenvalue weighted by atomic mass is 15.3. The van der Waals surface area contributed by atoms with Crippen molar-refractivity contribution < 1.29 is 0 Å². The highest BCUT2D eigenvalue weighted by Gasteiger charge is 2.05. The highest BCUT2D eigenvalue weighted by molar-refractivity contribution is 5.65. The van der Waals surface area contributed by atoms with Gasteiger partial charge in [0.15, 0.2) is 5.82 Å². The van der Waals surface area contributed by atoms with Gasteiger partial charge in [-0.1, -0.05) is 30.3 Å². The molecule has 0 saturated carbocycles. The molecule has 0 aliphatic rings. The average molecular weight is 235 g/mol. The van der Waals surface area contributed by atoms with Gasteiger partial charge in [-0.2, -0.15) is 5.10 Å². The van der Waals surface area contributed by atoms with Crippen LogP contribution in [0.4, 0.5) is 0 Å². The van der Waals surface area contributed by atoms with Gasteiger partial charge < -0.3 is 0 Å². The lowest BCUT2D eigenvalue weighted by atomic mass is 10.0. The van der Waals surface area contributed by atoms with Crippen molar-refractivity contribution in [1.82, 2.24) is 14.8 Å². The minimum atomic E-state index is 0.831. The van der Waals surface area contributed by atoms with Crippen LogP contribution in [-0.2, 0) is 0 Å². The van der Waals surface area contributed by atoms with Crippen LogP contribution >= 0.6 is 0 Å². The zero-order chi connectivity index (χ0) is 12.4. The van der Waals surface area contributed by atoms with Crippen LogP contribution in [-0.4, -0.2) is 14.8 Å². The molecule has 2 heterocycles. The minimum Gasteiger partial charge on any atom is -0.237 e. The molecular formula is C15H13N3. The fourth-order valence-electron chi connectivity index (χ4n) is 1.97. The number of hydrogen-bond acceptors (Lipinski definition) is 2. The molecule has 3 aromatic rings. The van der Waals surface area contributed by atoms with Crippen LogP contribution in [0.1, 0.15) is 5.56 Å². The van der Waals surface area contributed by atoms with Crippen molar-refractivity contribution in [2.45, 2.75) is 6.92 Å². The Morgan fingerprint density at radius 2 is 1.83 bits per heavy atom. The van der Waals surface area contributed by atoms with E-state index in [1.165, 1.54) is 11.1 Å². The first-order valence-electron chi connectivity index (χ1n) is 5.87. The van der Waals surface area contributed by atoms with Gasteiger partial charge in [-0.3, -0.25) is 0 Å². The Morgan fingerprint density at radius 1 is 1.00 bits per heavy atom. The number of rotatable bonds is 2. The summed E-state index contributed by atoms with van der Waals surface area (Å²) in [6, 6.07) is 14.1. The Balaban J connectivity index is 2.03. The summed E-state index contributed by atoms with van der Waals surface area (Å²) >= 11 is 0. The predicted octanol–water partition coefficient (Wildman–Crippen LogP) is 3.24. The maximum Gasteiger partial charge on any atom is 0.153 e. The molecule has 2 aromatic heterocycles. The Hall–Kier alpha value is -2.42. The minimum absolute atomic E-state index is 0.831. The third-order valence-corrected chi connectivity index (χ3v) is 2.92. The molecule has 0 bridgehead atoms. The van der Waals surface area contributed by atoms with E-state index in [4.69, 9.17) is 0 Å². The van der Waals surface area contributed by atoms with E-state index in [2.05, 4.69) is 29.1 Å². The van der Waals surface area contributed by atoms with E-state index in [0.717, 1.165) is 11.4 Å². The molecule has 0 amide bonds. The number of aromatic nitrogens is 3. The quantitative estimate of drug-likeness (QED) is 0.682. The van der Waals surface area contributed by atoms with Gasteiger partial charge in [0.05, 0.1) is 6.20 Å². The van der Waals surface area contributed by atoms with E-state index in [1.807, 2.05) is 42.7 Å². The van der Waals surface area contributed by atoms with Crippen LogP contribution in [0.3, 0.4) is 0 Å².